The van der Waals surface area contributed by atoms with Crippen molar-refractivity contribution < 1.29 is 23.9 Å². The molecule has 1 aliphatic carbocycles. The quantitative estimate of drug-likeness (QED) is 0.558. The predicted molar refractivity (Wildman–Crippen MR) is 97.1 cm³/mol. The van der Waals surface area contributed by atoms with Gasteiger partial charge in [0.15, 0.2) is 6.61 Å². The van der Waals surface area contributed by atoms with Crippen LogP contribution in [0.25, 0.3) is 0 Å². The van der Waals surface area contributed by atoms with Gasteiger partial charge in [-0.25, -0.2) is 9.59 Å². The standard InChI is InChI=1S/C18H22N2O5S/c1-12(21)11-26-15-9-5-4-8-14(15)17(23)25-10-16(22)20-18(24)19-13-6-2-3-7-13/h4-5,8-9,13H,2-3,6-7,10-11H2,1H3,(H2,19,20,22,24). The van der Waals surface area contributed by atoms with E-state index in [1.54, 1.807) is 24.3 Å². The fourth-order valence-corrected chi connectivity index (χ4v) is 3.44. The Labute approximate surface area is 156 Å². The van der Waals surface area contributed by atoms with E-state index in [4.69, 9.17) is 4.74 Å². The molecule has 0 saturated heterocycles. The molecule has 0 aromatic heterocycles. The molecule has 0 aliphatic heterocycles. The number of hydrogen-bond acceptors (Lipinski definition) is 6. The molecule has 26 heavy (non-hydrogen) atoms. The topological polar surface area (TPSA) is 102 Å². The molecule has 1 aromatic rings. The van der Waals surface area contributed by atoms with Crippen LogP contribution in [0.2, 0.25) is 0 Å². The number of amides is 3. The Hall–Kier alpha value is -2.35. The lowest BCUT2D eigenvalue weighted by atomic mass is 10.2. The molecule has 7 nitrogen and oxygen atoms in total. The molecule has 3 amide bonds. The molecule has 0 unspecified atom stereocenters. The molecule has 2 N–H and O–H groups in total. The van der Waals surface area contributed by atoms with Crippen molar-refractivity contribution in [2.45, 2.75) is 43.5 Å². The number of hydrogen-bond donors (Lipinski definition) is 2. The van der Waals surface area contributed by atoms with Gasteiger partial charge in [0.1, 0.15) is 5.78 Å². The summed E-state index contributed by atoms with van der Waals surface area (Å²) in [4.78, 5) is 47.4. The van der Waals surface area contributed by atoms with Crippen molar-refractivity contribution in [3.8, 4) is 0 Å². The first-order valence-corrected chi connectivity index (χ1v) is 9.43. The monoisotopic (exact) mass is 378 g/mol. The summed E-state index contributed by atoms with van der Waals surface area (Å²) < 4.78 is 4.98. The van der Waals surface area contributed by atoms with Gasteiger partial charge < -0.3 is 10.1 Å². The molecule has 8 heteroatoms. The van der Waals surface area contributed by atoms with Gasteiger partial charge in [-0.1, -0.05) is 25.0 Å². The number of Topliss-reactive ketones (excluding diaryl/α,β-unsaturated/α-hetero) is 1. The number of benzene rings is 1. The molecule has 0 heterocycles. The van der Waals surface area contributed by atoms with Crippen LogP contribution in [0.5, 0.6) is 0 Å². The van der Waals surface area contributed by atoms with E-state index < -0.39 is 24.5 Å². The van der Waals surface area contributed by atoms with Crippen LogP contribution in [0.1, 0.15) is 43.0 Å². The summed E-state index contributed by atoms with van der Waals surface area (Å²) in [7, 11) is 0. The number of thioether (sulfide) groups is 1. The molecule has 1 aliphatic rings. The Bertz CT molecular complexity index is 686. The Morgan fingerprint density at radius 2 is 1.85 bits per heavy atom. The van der Waals surface area contributed by atoms with E-state index in [9.17, 15) is 19.2 Å². The van der Waals surface area contributed by atoms with Crippen molar-refractivity contribution in [1.82, 2.24) is 10.6 Å². The lowest BCUT2D eigenvalue weighted by molar-refractivity contribution is -0.123. The summed E-state index contributed by atoms with van der Waals surface area (Å²) >= 11 is 1.23. The lowest BCUT2D eigenvalue weighted by Gasteiger charge is -2.12. The highest BCUT2D eigenvalue weighted by molar-refractivity contribution is 8.00. The van der Waals surface area contributed by atoms with E-state index in [0.29, 0.717) is 4.90 Å². The zero-order valence-electron chi connectivity index (χ0n) is 14.6. The second-order valence-electron chi connectivity index (χ2n) is 6.07. The molecular formula is C18H22N2O5S. The van der Waals surface area contributed by atoms with Crippen molar-refractivity contribution in [1.29, 1.82) is 0 Å². The highest BCUT2D eigenvalue weighted by atomic mass is 32.2. The van der Waals surface area contributed by atoms with Gasteiger partial charge in [0.05, 0.1) is 11.3 Å². The number of carbonyl (C=O) groups excluding carboxylic acids is 4. The van der Waals surface area contributed by atoms with Crippen LogP contribution in [0.4, 0.5) is 4.79 Å². The van der Waals surface area contributed by atoms with E-state index in [-0.39, 0.29) is 23.1 Å². The van der Waals surface area contributed by atoms with Crippen molar-refractivity contribution in [2.75, 3.05) is 12.4 Å². The van der Waals surface area contributed by atoms with Crippen molar-refractivity contribution in [3.05, 3.63) is 29.8 Å². The third-order valence-corrected chi connectivity index (χ3v) is 5.03. The minimum absolute atomic E-state index is 0.00850. The van der Waals surface area contributed by atoms with Crippen LogP contribution in [0.15, 0.2) is 29.2 Å². The number of urea groups is 1. The maximum absolute atomic E-state index is 12.2. The van der Waals surface area contributed by atoms with Crippen LogP contribution < -0.4 is 10.6 Å². The summed E-state index contributed by atoms with van der Waals surface area (Å²) in [6, 6.07) is 6.21. The van der Waals surface area contributed by atoms with E-state index in [1.165, 1.54) is 18.7 Å². The van der Waals surface area contributed by atoms with Crippen LogP contribution in [0, 0.1) is 0 Å². The first-order valence-electron chi connectivity index (χ1n) is 8.44. The Balaban J connectivity index is 1.81. The van der Waals surface area contributed by atoms with Crippen LogP contribution in [-0.4, -0.2) is 42.1 Å². The van der Waals surface area contributed by atoms with Gasteiger partial charge in [-0.2, -0.15) is 0 Å². The molecule has 0 radical (unpaired) electrons. The maximum atomic E-state index is 12.2. The predicted octanol–water partition coefficient (Wildman–Crippen LogP) is 2.29. The molecule has 1 fully saturated rings. The zero-order valence-corrected chi connectivity index (χ0v) is 15.4. The van der Waals surface area contributed by atoms with Crippen molar-refractivity contribution in [3.63, 3.8) is 0 Å². The first-order chi connectivity index (χ1) is 12.5. The Morgan fingerprint density at radius 1 is 1.15 bits per heavy atom. The van der Waals surface area contributed by atoms with Gasteiger partial charge in [-0.05, 0) is 31.9 Å². The largest absolute Gasteiger partial charge is 0.452 e. The molecule has 0 atom stereocenters. The zero-order chi connectivity index (χ0) is 18.9. The van der Waals surface area contributed by atoms with Crippen LogP contribution >= 0.6 is 11.8 Å². The van der Waals surface area contributed by atoms with E-state index in [0.717, 1.165) is 25.7 Å². The normalized spacial score (nSPS) is 13.9. The summed E-state index contributed by atoms with van der Waals surface area (Å²) in [6.45, 7) is 0.914. The smallest absolute Gasteiger partial charge is 0.339 e. The Morgan fingerprint density at radius 3 is 2.54 bits per heavy atom. The minimum atomic E-state index is -0.692. The maximum Gasteiger partial charge on any atom is 0.339 e. The number of ketones is 1. The molecule has 0 spiro atoms. The minimum Gasteiger partial charge on any atom is -0.452 e. The molecule has 2 rings (SSSR count). The van der Waals surface area contributed by atoms with Crippen LogP contribution in [0.3, 0.4) is 0 Å². The van der Waals surface area contributed by atoms with E-state index in [2.05, 4.69) is 10.6 Å². The van der Waals surface area contributed by atoms with Crippen molar-refractivity contribution in [2.24, 2.45) is 0 Å². The summed E-state index contributed by atoms with van der Waals surface area (Å²) in [5.74, 6) is -1.14. The number of rotatable bonds is 7. The third kappa shape index (κ3) is 6.51. The van der Waals surface area contributed by atoms with Crippen LogP contribution in [-0.2, 0) is 14.3 Å². The number of ether oxygens (including phenoxy) is 1. The lowest BCUT2D eigenvalue weighted by Crippen LogP contribution is -2.45. The summed E-state index contributed by atoms with van der Waals surface area (Å²) in [5.41, 5.74) is 0.280. The van der Waals surface area contributed by atoms with Crippen molar-refractivity contribution >= 4 is 35.5 Å². The van der Waals surface area contributed by atoms with E-state index in [1.807, 2.05) is 0 Å². The fraction of sp³-hybridized carbons (Fsp3) is 0.444. The first kappa shape index (κ1) is 20.0. The summed E-state index contributed by atoms with van der Waals surface area (Å²) in [6.07, 6.45) is 3.95. The number of imide groups is 1. The molecule has 1 aromatic carbocycles. The van der Waals surface area contributed by atoms with Gasteiger partial charge >= 0.3 is 12.0 Å². The van der Waals surface area contributed by atoms with Gasteiger partial charge in [-0.3, -0.25) is 14.9 Å². The van der Waals surface area contributed by atoms with Gasteiger partial charge in [-0.15, -0.1) is 11.8 Å². The fourth-order valence-electron chi connectivity index (χ4n) is 2.60. The van der Waals surface area contributed by atoms with Gasteiger partial charge in [0, 0.05) is 10.9 Å². The molecule has 0 bridgehead atoms. The number of carbonyl (C=O) groups is 4. The highest BCUT2D eigenvalue weighted by Gasteiger charge is 2.19. The highest BCUT2D eigenvalue weighted by Crippen LogP contribution is 2.23. The molecule has 140 valence electrons. The molecular weight excluding hydrogens is 356 g/mol. The average molecular weight is 378 g/mol. The van der Waals surface area contributed by atoms with E-state index >= 15 is 0 Å². The Kier molecular flexibility index (Phi) is 7.65. The second kappa shape index (κ2) is 9.96. The third-order valence-electron chi connectivity index (χ3n) is 3.82. The second-order valence-corrected chi connectivity index (χ2v) is 7.08. The number of esters is 1. The van der Waals surface area contributed by atoms with Gasteiger partial charge in [0.25, 0.3) is 5.91 Å². The average Bonchev–Trinajstić information content (AvgIpc) is 3.10. The SMILES string of the molecule is CC(=O)CSc1ccccc1C(=O)OCC(=O)NC(=O)NC1CCCC1. The molecule has 1 saturated carbocycles. The number of nitrogens with one attached hydrogen (secondary N) is 2. The summed E-state index contributed by atoms with van der Waals surface area (Å²) in [5, 5.41) is 4.87. The van der Waals surface area contributed by atoms with Gasteiger partial charge in [0.2, 0.25) is 0 Å².